The molecule has 0 saturated heterocycles. The van der Waals surface area contributed by atoms with Crippen LogP contribution in [0.15, 0.2) is 53.7 Å². The van der Waals surface area contributed by atoms with Crippen molar-refractivity contribution in [3.05, 3.63) is 74.4 Å². The topological polar surface area (TPSA) is 37.4 Å². The maximum absolute atomic E-state index is 13.1. The first-order valence-corrected chi connectivity index (χ1v) is 9.89. The maximum atomic E-state index is 13.1. The lowest BCUT2D eigenvalue weighted by molar-refractivity contribution is -0.119. The number of allylic oxidation sites excluding steroid dienone is 2. The van der Waals surface area contributed by atoms with E-state index in [0.717, 1.165) is 23.4 Å². The molecule has 138 valence electrons. The van der Waals surface area contributed by atoms with Crippen molar-refractivity contribution in [2.24, 2.45) is 0 Å². The fourth-order valence-electron chi connectivity index (χ4n) is 3.93. The molecule has 6 heteroatoms. The summed E-state index contributed by atoms with van der Waals surface area (Å²) in [5.74, 6) is -0.311. The van der Waals surface area contributed by atoms with Gasteiger partial charge >= 0.3 is 0 Å². The summed E-state index contributed by atoms with van der Waals surface area (Å²) < 4.78 is 0. The number of Topliss-reactive ketones (excluding diaryl/α,β-unsaturated/α-hetero) is 1. The SMILES string of the molecule is O=C1CCCC2=C1C(c1ccc(Cl)cc1Cl)CC(=O)N2c1ccc(Cl)cc1. The molecule has 0 fully saturated rings. The second-order valence-electron chi connectivity index (χ2n) is 6.77. The number of carbonyl (C=O) groups is 2. The molecule has 1 heterocycles. The Morgan fingerprint density at radius 3 is 2.30 bits per heavy atom. The molecule has 0 spiro atoms. The van der Waals surface area contributed by atoms with Crippen molar-refractivity contribution in [3.63, 3.8) is 0 Å². The minimum Gasteiger partial charge on any atom is -0.294 e. The molecule has 4 rings (SSSR count). The first-order chi connectivity index (χ1) is 13.0. The number of anilines is 1. The van der Waals surface area contributed by atoms with Crippen LogP contribution in [0.3, 0.4) is 0 Å². The number of rotatable bonds is 2. The lowest BCUT2D eigenvalue weighted by atomic mass is 9.77. The Kier molecular flexibility index (Phi) is 5.02. The summed E-state index contributed by atoms with van der Waals surface area (Å²) >= 11 is 18.4. The van der Waals surface area contributed by atoms with E-state index >= 15 is 0 Å². The van der Waals surface area contributed by atoms with E-state index in [2.05, 4.69) is 0 Å². The minimum atomic E-state index is -0.339. The molecular weight excluding hydrogens is 405 g/mol. The van der Waals surface area contributed by atoms with Crippen LogP contribution in [0.1, 0.15) is 37.2 Å². The van der Waals surface area contributed by atoms with Crippen LogP contribution < -0.4 is 4.90 Å². The summed E-state index contributed by atoms with van der Waals surface area (Å²) in [7, 11) is 0. The number of benzene rings is 2. The van der Waals surface area contributed by atoms with Crippen molar-refractivity contribution >= 4 is 52.2 Å². The van der Waals surface area contributed by atoms with Gasteiger partial charge in [-0.2, -0.15) is 0 Å². The van der Waals surface area contributed by atoms with E-state index in [-0.39, 0.29) is 24.0 Å². The highest BCUT2D eigenvalue weighted by molar-refractivity contribution is 6.35. The first-order valence-electron chi connectivity index (χ1n) is 8.75. The van der Waals surface area contributed by atoms with Gasteiger partial charge in [0, 0.05) is 50.8 Å². The first kappa shape index (κ1) is 18.5. The molecule has 2 aromatic carbocycles. The maximum Gasteiger partial charge on any atom is 0.232 e. The lowest BCUT2D eigenvalue weighted by Gasteiger charge is -2.38. The van der Waals surface area contributed by atoms with Crippen LogP contribution in [0.25, 0.3) is 0 Å². The number of hydrogen-bond donors (Lipinski definition) is 0. The molecule has 0 aromatic heterocycles. The Labute approximate surface area is 172 Å². The van der Waals surface area contributed by atoms with Gasteiger partial charge in [0.1, 0.15) is 0 Å². The zero-order chi connectivity index (χ0) is 19.1. The highest BCUT2D eigenvalue weighted by Gasteiger charge is 2.40. The molecule has 2 aromatic rings. The van der Waals surface area contributed by atoms with Crippen LogP contribution in [0.4, 0.5) is 5.69 Å². The van der Waals surface area contributed by atoms with Crippen LogP contribution in [-0.2, 0) is 9.59 Å². The van der Waals surface area contributed by atoms with Crippen molar-refractivity contribution in [2.45, 2.75) is 31.6 Å². The number of ketones is 1. The van der Waals surface area contributed by atoms with Crippen molar-refractivity contribution in [1.82, 2.24) is 0 Å². The normalized spacial score (nSPS) is 20.1. The van der Waals surface area contributed by atoms with Gasteiger partial charge in [0.15, 0.2) is 5.78 Å². The van der Waals surface area contributed by atoms with Crippen molar-refractivity contribution in [2.75, 3.05) is 4.90 Å². The zero-order valence-corrected chi connectivity index (χ0v) is 16.6. The minimum absolute atomic E-state index is 0.0539. The second kappa shape index (κ2) is 7.31. The van der Waals surface area contributed by atoms with E-state index < -0.39 is 0 Å². The molecule has 1 unspecified atom stereocenters. The summed E-state index contributed by atoms with van der Waals surface area (Å²) in [6, 6.07) is 12.3. The Morgan fingerprint density at radius 2 is 1.59 bits per heavy atom. The molecule has 1 atom stereocenters. The summed E-state index contributed by atoms with van der Waals surface area (Å²) in [6.45, 7) is 0. The molecular formula is C21H16Cl3NO2. The highest BCUT2D eigenvalue weighted by Crippen LogP contribution is 2.45. The number of carbonyl (C=O) groups excluding carboxylic acids is 2. The third-order valence-electron chi connectivity index (χ3n) is 5.10. The van der Waals surface area contributed by atoms with Gasteiger partial charge in [0.25, 0.3) is 0 Å². The van der Waals surface area contributed by atoms with Gasteiger partial charge in [-0.05, 0) is 54.8 Å². The molecule has 27 heavy (non-hydrogen) atoms. The van der Waals surface area contributed by atoms with Gasteiger partial charge in [-0.25, -0.2) is 0 Å². The number of halogens is 3. The van der Waals surface area contributed by atoms with E-state index in [1.165, 1.54) is 0 Å². The van der Waals surface area contributed by atoms with Gasteiger partial charge in [0.05, 0.1) is 0 Å². The molecule has 1 aliphatic heterocycles. The summed E-state index contributed by atoms with van der Waals surface area (Å²) in [5.41, 5.74) is 2.97. The van der Waals surface area contributed by atoms with Crippen LogP contribution in [0.5, 0.6) is 0 Å². The van der Waals surface area contributed by atoms with Gasteiger partial charge in [-0.3, -0.25) is 14.5 Å². The monoisotopic (exact) mass is 419 g/mol. The number of nitrogens with zero attached hydrogens (tertiary/aromatic N) is 1. The smallest absolute Gasteiger partial charge is 0.232 e. The van der Waals surface area contributed by atoms with Gasteiger partial charge < -0.3 is 0 Å². The molecule has 3 nitrogen and oxygen atoms in total. The second-order valence-corrected chi connectivity index (χ2v) is 8.05. The van der Waals surface area contributed by atoms with Gasteiger partial charge in [0.2, 0.25) is 5.91 Å². The third kappa shape index (κ3) is 3.40. The summed E-state index contributed by atoms with van der Waals surface area (Å²) in [5, 5.41) is 1.60. The zero-order valence-electron chi connectivity index (χ0n) is 14.3. The van der Waals surface area contributed by atoms with Crippen LogP contribution >= 0.6 is 34.8 Å². The largest absolute Gasteiger partial charge is 0.294 e. The van der Waals surface area contributed by atoms with Crippen molar-refractivity contribution in [3.8, 4) is 0 Å². The molecule has 1 amide bonds. The van der Waals surface area contributed by atoms with Crippen LogP contribution in [0, 0.1) is 0 Å². The average Bonchev–Trinajstić information content (AvgIpc) is 2.62. The molecule has 0 bridgehead atoms. The molecule has 0 saturated carbocycles. The van der Waals surface area contributed by atoms with E-state index in [1.807, 2.05) is 6.07 Å². The predicted octanol–water partition coefficient (Wildman–Crippen LogP) is 6.17. The Balaban J connectivity index is 1.87. The third-order valence-corrected chi connectivity index (χ3v) is 5.91. The number of amides is 1. The lowest BCUT2D eigenvalue weighted by Crippen LogP contribution is -2.40. The van der Waals surface area contributed by atoms with Gasteiger partial charge in [-0.1, -0.05) is 40.9 Å². The highest BCUT2D eigenvalue weighted by atomic mass is 35.5. The van der Waals surface area contributed by atoms with Crippen molar-refractivity contribution < 1.29 is 9.59 Å². The Hall–Kier alpha value is -1.81. The van der Waals surface area contributed by atoms with E-state index in [0.29, 0.717) is 33.5 Å². The van der Waals surface area contributed by atoms with Crippen LogP contribution in [-0.4, -0.2) is 11.7 Å². The fraction of sp³-hybridized carbons (Fsp3) is 0.238. The Morgan fingerprint density at radius 1 is 0.889 bits per heavy atom. The van der Waals surface area contributed by atoms with E-state index in [1.54, 1.807) is 41.3 Å². The quantitative estimate of drug-likeness (QED) is 0.582. The fourth-order valence-corrected chi connectivity index (χ4v) is 4.60. The van der Waals surface area contributed by atoms with E-state index in [4.69, 9.17) is 34.8 Å². The molecule has 0 radical (unpaired) electrons. The van der Waals surface area contributed by atoms with E-state index in [9.17, 15) is 9.59 Å². The van der Waals surface area contributed by atoms with Gasteiger partial charge in [-0.15, -0.1) is 0 Å². The molecule has 1 aliphatic carbocycles. The standard InChI is InChI=1S/C21H16Cl3NO2/c22-12-4-7-14(8-5-12)25-18-2-1-3-19(26)21(18)16(11-20(25)27)15-9-6-13(23)10-17(15)24/h4-10,16H,1-3,11H2. The molecule has 2 aliphatic rings. The van der Waals surface area contributed by atoms with Crippen molar-refractivity contribution in [1.29, 1.82) is 0 Å². The van der Waals surface area contributed by atoms with Crippen LogP contribution in [0.2, 0.25) is 15.1 Å². The molecule has 0 N–H and O–H groups in total. The summed E-state index contributed by atoms with van der Waals surface area (Å²) in [6.07, 6.45) is 2.09. The predicted molar refractivity (Wildman–Crippen MR) is 109 cm³/mol. The Bertz CT molecular complexity index is 966. The number of hydrogen-bond acceptors (Lipinski definition) is 2. The summed E-state index contributed by atoms with van der Waals surface area (Å²) in [4.78, 5) is 27.6. The average molecular weight is 421 g/mol.